The highest BCUT2D eigenvalue weighted by Gasteiger charge is 2.16. The smallest absolute Gasteiger partial charge is 0.248 e. The quantitative estimate of drug-likeness (QED) is 0.663. The van der Waals surface area contributed by atoms with E-state index in [-0.39, 0.29) is 11.9 Å². The minimum Gasteiger partial charge on any atom is -0.360 e. The van der Waals surface area contributed by atoms with Gasteiger partial charge in [0.25, 0.3) is 0 Å². The molecular formula is C11H9FN2. The number of rotatable bonds is 1. The molecule has 1 aromatic carbocycles. The maximum absolute atomic E-state index is 13.5. The van der Waals surface area contributed by atoms with Crippen LogP contribution in [0.2, 0.25) is 0 Å². The van der Waals surface area contributed by atoms with Gasteiger partial charge in [0.1, 0.15) is 5.82 Å². The molecule has 1 aromatic heterocycles. The van der Waals surface area contributed by atoms with Crippen LogP contribution in [0.1, 0.15) is 18.5 Å². The Morgan fingerprint density at radius 2 is 2.29 bits per heavy atom. The molecule has 0 aliphatic rings. The predicted molar refractivity (Wildman–Crippen MR) is 53.3 cm³/mol. The Hall–Kier alpha value is -1.82. The van der Waals surface area contributed by atoms with Gasteiger partial charge in [-0.25, -0.2) is 11.0 Å². The Bertz CT molecular complexity index is 507. The first kappa shape index (κ1) is 8.76. The summed E-state index contributed by atoms with van der Waals surface area (Å²) in [5, 5.41) is 0.538. The molecule has 0 amide bonds. The number of aromatic amines is 1. The fraction of sp³-hybridized carbons (Fsp3) is 0.182. The molecule has 0 bridgehead atoms. The molecule has 0 saturated carbocycles. The van der Waals surface area contributed by atoms with Crippen LogP contribution in [0, 0.1) is 12.4 Å². The van der Waals surface area contributed by atoms with Crippen LogP contribution in [0.25, 0.3) is 15.7 Å². The second-order valence-corrected chi connectivity index (χ2v) is 3.21. The Balaban J connectivity index is 2.74. The van der Waals surface area contributed by atoms with E-state index in [1.54, 1.807) is 25.3 Å². The lowest BCUT2D eigenvalue weighted by molar-refractivity contribution is 0.638. The molecule has 1 atom stereocenters. The molecule has 0 radical (unpaired) electrons. The van der Waals surface area contributed by atoms with E-state index in [0.29, 0.717) is 5.39 Å². The zero-order valence-corrected chi connectivity index (χ0v) is 7.71. The SMILES string of the molecule is [C-]#[N+]C(C)c1c[nH]c2cccc(F)c12. The number of nitrogens with one attached hydrogen (secondary N) is 1. The van der Waals surface area contributed by atoms with E-state index in [9.17, 15) is 4.39 Å². The van der Waals surface area contributed by atoms with E-state index in [4.69, 9.17) is 6.57 Å². The van der Waals surface area contributed by atoms with Crippen molar-refractivity contribution in [1.82, 2.24) is 4.98 Å². The molecule has 0 fully saturated rings. The van der Waals surface area contributed by atoms with Gasteiger partial charge in [-0.2, -0.15) is 0 Å². The highest BCUT2D eigenvalue weighted by molar-refractivity contribution is 5.84. The number of nitrogens with zero attached hydrogens (tertiary/aromatic N) is 1. The first-order valence-electron chi connectivity index (χ1n) is 4.36. The third-order valence-electron chi connectivity index (χ3n) is 2.33. The van der Waals surface area contributed by atoms with Crippen LogP contribution in [-0.4, -0.2) is 4.98 Å². The van der Waals surface area contributed by atoms with Gasteiger partial charge in [0.15, 0.2) is 0 Å². The molecule has 1 heterocycles. The predicted octanol–water partition coefficient (Wildman–Crippen LogP) is 3.29. The van der Waals surface area contributed by atoms with Crippen molar-refractivity contribution in [2.24, 2.45) is 0 Å². The Morgan fingerprint density at radius 3 is 3.00 bits per heavy atom. The van der Waals surface area contributed by atoms with Gasteiger partial charge in [0.05, 0.1) is 5.56 Å². The fourth-order valence-electron chi connectivity index (χ4n) is 1.56. The maximum Gasteiger partial charge on any atom is 0.248 e. The summed E-state index contributed by atoms with van der Waals surface area (Å²) in [7, 11) is 0. The van der Waals surface area contributed by atoms with Crippen molar-refractivity contribution < 1.29 is 4.39 Å². The number of aromatic nitrogens is 1. The lowest BCUT2D eigenvalue weighted by Crippen LogP contribution is -1.86. The largest absolute Gasteiger partial charge is 0.360 e. The van der Waals surface area contributed by atoms with Crippen LogP contribution in [0.3, 0.4) is 0 Å². The van der Waals surface area contributed by atoms with Crippen LogP contribution < -0.4 is 0 Å². The lowest BCUT2D eigenvalue weighted by atomic mass is 10.1. The molecule has 70 valence electrons. The van der Waals surface area contributed by atoms with Gasteiger partial charge in [-0.15, -0.1) is 0 Å². The summed E-state index contributed by atoms with van der Waals surface area (Å²) < 4.78 is 13.5. The second-order valence-electron chi connectivity index (χ2n) is 3.21. The van der Waals surface area contributed by atoms with Crippen molar-refractivity contribution in [2.45, 2.75) is 13.0 Å². The number of benzene rings is 1. The van der Waals surface area contributed by atoms with Crippen LogP contribution in [0.5, 0.6) is 0 Å². The van der Waals surface area contributed by atoms with Crippen LogP contribution in [-0.2, 0) is 0 Å². The number of halogens is 1. The first-order valence-corrected chi connectivity index (χ1v) is 4.36. The van der Waals surface area contributed by atoms with Crippen molar-refractivity contribution in [2.75, 3.05) is 0 Å². The number of hydrogen-bond acceptors (Lipinski definition) is 0. The van der Waals surface area contributed by atoms with E-state index >= 15 is 0 Å². The summed E-state index contributed by atoms with van der Waals surface area (Å²) in [5.74, 6) is -0.269. The number of hydrogen-bond donors (Lipinski definition) is 1. The monoisotopic (exact) mass is 188 g/mol. The molecule has 0 spiro atoms. The molecule has 0 aliphatic carbocycles. The van der Waals surface area contributed by atoms with Crippen molar-refractivity contribution in [3.8, 4) is 0 Å². The van der Waals surface area contributed by atoms with Crippen LogP contribution in [0.15, 0.2) is 24.4 Å². The van der Waals surface area contributed by atoms with E-state index in [2.05, 4.69) is 9.83 Å². The number of fused-ring (bicyclic) bond motifs is 1. The third-order valence-corrected chi connectivity index (χ3v) is 2.33. The molecule has 1 N–H and O–H groups in total. The minimum atomic E-state index is -0.305. The molecule has 3 heteroatoms. The highest BCUT2D eigenvalue weighted by Crippen LogP contribution is 2.28. The normalized spacial score (nSPS) is 12.6. The molecule has 2 aromatic rings. The summed E-state index contributed by atoms with van der Waals surface area (Å²) in [6.45, 7) is 8.69. The lowest BCUT2D eigenvalue weighted by Gasteiger charge is -1.97. The average Bonchev–Trinajstić information content (AvgIpc) is 2.62. The van der Waals surface area contributed by atoms with Gasteiger partial charge in [0, 0.05) is 24.0 Å². The van der Waals surface area contributed by atoms with Gasteiger partial charge < -0.3 is 9.83 Å². The molecule has 14 heavy (non-hydrogen) atoms. The summed E-state index contributed by atoms with van der Waals surface area (Å²) in [5.41, 5.74) is 1.48. The van der Waals surface area contributed by atoms with Crippen molar-refractivity contribution in [1.29, 1.82) is 0 Å². The average molecular weight is 188 g/mol. The first-order chi connectivity index (χ1) is 6.74. The van der Waals surface area contributed by atoms with Gasteiger partial charge in [-0.1, -0.05) is 6.07 Å². The second kappa shape index (κ2) is 3.15. The molecule has 2 nitrogen and oxygen atoms in total. The van der Waals surface area contributed by atoms with Gasteiger partial charge in [-0.05, 0) is 12.1 Å². The van der Waals surface area contributed by atoms with E-state index in [1.165, 1.54) is 6.07 Å². The van der Waals surface area contributed by atoms with Crippen molar-refractivity contribution in [3.05, 3.63) is 47.2 Å². The van der Waals surface area contributed by atoms with E-state index in [1.807, 2.05) is 0 Å². The molecule has 1 unspecified atom stereocenters. The summed E-state index contributed by atoms with van der Waals surface area (Å²) in [6, 6.07) is 4.57. The minimum absolute atomic E-state index is 0.269. The Morgan fingerprint density at radius 1 is 1.50 bits per heavy atom. The van der Waals surface area contributed by atoms with Gasteiger partial charge in [-0.3, -0.25) is 0 Å². The molecular weight excluding hydrogens is 179 g/mol. The standard InChI is InChI=1S/C11H9FN2/c1-7(13-2)8-6-14-10-5-3-4-9(12)11(8)10/h3-7,14H,1H3. The zero-order chi connectivity index (χ0) is 10.1. The third kappa shape index (κ3) is 1.16. The summed E-state index contributed by atoms with van der Waals surface area (Å²) >= 11 is 0. The topological polar surface area (TPSA) is 20.1 Å². The van der Waals surface area contributed by atoms with E-state index < -0.39 is 0 Å². The van der Waals surface area contributed by atoms with Crippen molar-refractivity contribution in [3.63, 3.8) is 0 Å². The van der Waals surface area contributed by atoms with Crippen molar-refractivity contribution >= 4 is 10.9 Å². The number of H-pyrrole nitrogens is 1. The summed E-state index contributed by atoms with van der Waals surface area (Å²) in [4.78, 5) is 6.35. The molecule has 0 saturated heterocycles. The zero-order valence-electron chi connectivity index (χ0n) is 7.71. The van der Waals surface area contributed by atoms with Gasteiger partial charge in [0.2, 0.25) is 6.04 Å². The van der Waals surface area contributed by atoms with Crippen LogP contribution in [0.4, 0.5) is 4.39 Å². The fourth-order valence-corrected chi connectivity index (χ4v) is 1.56. The highest BCUT2D eigenvalue weighted by atomic mass is 19.1. The van der Waals surface area contributed by atoms with E-state index in [0.717, 1.165) is 11.1 Å². The van der Waals surface area contributed by atoms with Gasteiger partial charge >= 0.3 is 0 Å². The summed E-state index contributed by atoms with van der Waals surface area (Å²) in [6.07, 6.45) is 1.70. The Labute approximate surface area is 81.2 Å². The molecule has 0 aliphatic heterocycles. The van der Waals surface area contributed by atoms with Crippen LogP contribution >= 0.6 is 0 Å². The Kier molecular flexibility index (Phi) is 1.97. The maximum atomic E-state index is 13.5. The molecule has 2 rings (SSSR count).